The van der Waals surface area contributed by atoms with E-state index in [-0.39, 0.29) is 11.8 Å². The van der Waals surface area contributed by atoms with Crippen LogP contribution < -0.4 is 16.4 Å². The molecular weight excluding hydrogens is 456 g/mol. The lowest BCUT2D eigenvalue weighted by atomic mass is 10.0. The number of likely N-dealkylation sites (N-methyl/N-ethyl adjacent to an activating group) is 1. The van der Waals surface area contributed by atoms with Gasteiger partial charge in [-0.25, -0.2) is 0 Å². The van der Waals surface area contributed by atoms with E-state index in [1.807, 2.05) is 14.1 Å². The highest BCUT2D eigenvalue weighted by atomic mass is 16.4. The maximum atomic E-state index is 12.2. The Bertz CT molecular complexity index is 584. The van der Waals surface area contributed by atoms with E-state index in [0.29, 0.717) is 56.3 Å². The van der Waals surface area contributed by atoms with Gasteiger partial charge in [0.15, 0.2) is 6.54 Å². The lowest BCUT2D eigenvalue weighted by Crippen LogP contribution is -2.50. The van der Waals surface area contributed by atoms with E-state index < -0.39 is 12.0 Å². The molecule has 0 radical (unpaired) electrons. The van der Waals surface area contributed by atoms with Gasteiger partial charge in [0.05, 0.1) is 27.2 Å². The normalized spacial score (nSPS) is 12.3. The molecule has 0 saturated carbocycles. The Hall–Kier alpha value is -1.67. The molecule has 8 heteroatoms. The molecule has 0 heterocycles. The van der Waals surface area contributed by atoms with E-state index >= 15 is 0 Å². The molecule has 0 fully saturated rings. The number of amides is 2. The largest absolute Gasteiger partial charge is 0.480 e. The predicted molar refractivity (Wildman–Crippen MR) is 148 cm³/mol. The SMILES string of the molecule is CCCCCCCCCCCCCCCC(=O)NCC[N+](C)(C)CC(=O)NCCCC[C@H](N)C(=O)O. The molecule has 5 N–H and O–H groups in total. The molecule has 0 aromatic heterocycles. The van der Waals surface area contributed by atoms with Crippen molar-refractivity contribution in [3.8, 4) is 0 Å². The minimum Gasteiger partial charge on any atom is -0.480 e. The maximum absolute atomic E-state index is 12.2. The van der Waals surface area contributed by atoms with E-state index in [1.165, 1.54) is 70.6 Å². The summed E-state index contributed by atoms with van der Waals surface area (Å²) >= 11 is 0. The molecule has 212 valence electrons. The first-order valence-corrected chi connectivity index (χ1v) is 14.5. The van der Waals surface area contributed by atoms with Crippen LogP contribution in [0.5, 0.6) is 0 Å². The summed E-state index contributed by atoms with van der Waals surface area (Å²) in [7, 11) is 3.95. The van der Waals surface area contributed by atoms with E-state index in [0.717, 1.165) is 12.8 Å². The number of unbranched alkanes of at least 4 members (excludes halogenated alkanes) is 13. The zero-order valence-corrected chi connectivity index (χ0v) is 23.6. The van der Waals surface area contributed by atoms with Gasteiger partial charge in [-0.15, -0.1) is 0 Å². The fraction of sp³-hybridized carbons (Fsp3) is 0.893. The van der Waals surface area contributed by atoms with Crippen LogP contribution in [0, 0.1) is 0 Å². The van der Waals surface area contributed by atoms with Crippen LogP contribution in [0.2, 0.25) is 0 Å². The van der Waals surface area contributed by atoms with Gasteiger partial charge in [-0.1, -0.05) is 84.0 Å². The van der Waals surface area contributed by atoms with Crippen molar-refractivity contribution in [1.29, 1.82) is 0 Å². The van der Waals surface area contributed by atoms with Gasteiger partial charge in [0.2, 0.25) is 5.91 Å². The van der Waals surface area contributed by atoms with Crippen molar-refractivity contribution in [2.45, 2.75) is 122 Å². The molecule has 0 aromatic carbocycles. The fourth-order valence-corrected chi connectivity index (χ4v) is 4.25. The monoisotopic (exact) mass is 513 g/mol. The summed E-state index contributed by atoms with van der Waals surface area (Å²) in [6.45, 7) is 4.36. The number of carbonyl (C=O) groups is 3. The van der Waals surface area contributed by atoms with Gasteiger partial charge in [0.25, 0.3) is 5.91 Å². The van der Waals surface area contributed by atoms with Gasteiger partial charge < -0.3 is 26.0 Å². The van der Waals surface area contributed by atoms with Gasteiger partial charge >= 0.3 is 5.97 Å². The number of carboxylic acid groups (broad SMARTS) is 1. The lowest BCUT2D eigenvalue weighted by molar-refractivity contribution is -0.881. The first-order chi connectivity index (χ1) is 17.2. The van der Waals surface area contributed by atoms with Gasteiger partial charge in [-0.3, -0.25) is 14.4 Å². The van der Waals surface area contributed by atoms with Crippen LogP contribution in [0.15, 0.2) is 0 Å². The summed E-state index contributed by atoms with van der Waals surface area (Å²) < 4.78 is 0.495. The summed E-state index contributed by atoms with van der Waals surface area (Å²) in [5, 5.41) is 14.6. The molecule has 36 heavy (non-hydrogen) atoms. The number of hydrogen-bond acceptors (Lipinski definition) is 4. The van der Waals surface area contributed by atoms with Crippen LogP contribution in [0.3, 0.4) is 0 Å². The highest BCUT2D eigenvalue weighted by Crippen LogP contribution is 2.13. The highest BCUT2D eigenvalue weighted by Gasteiger charge is 2.20. The second-order valence-electron chi connectivity index (χ2n) is 11.0. The van der Waals surface area contributed by atoms with Crippen molar-refractivity contribution >= 4 is 17.8 Å². The number of nitrogens with zero attached hydrogens (tertiary/aromatic N) is 1. The third kappa shape index (κ3) is 22.8. The molecule has 2 amide bonds. The van der Waals surface area contributed by atoms with Crippen molar-refractivity contribution in [2.75, 3.05) is 40.3 Å². The average molecular weight is 514 g/mol. The Morgan fingerprint density at radius 3 is 1.75 bits per heavy atom. The maximum Gasteiger partial charge on any atom is 0.320 e. The zero-order chi connectivity index (χ0) is 27.1. The van der Waals surface area contributed by atoms with Gasteiger partial charge in [0.1, 0.15) is 6.04 Å². The Morgan fingerprint density at radius 1 is 0.722 bits per heavy atom. The molecule has 8 nitrogen and oxygen atoms in total. The van der Waals surface area contributed by atoms with Crippen molar-refractivity contribution in [1.82, 2.24) is 10.6 Å². The summed E-state index contributed by atoms with van der Waals surface area (Å²) in [5.41, 5.74) is 5.47. The fourth-order valence-electron chi connectivity index (χ4n) is 4.25. The van der Waals surface area contributed by atoms with Crippen LogP contribution in [0.1, 0.15) is 116 Å². The van der Waals surface area contributed by atoms with Crippen LogP contribution in [0.25, 0.3) is 0 Å². The Balaban J connectivity index is 3.62. The molecule has 0 aliphatic carbocycles. The number of rotatable bonds is 25. The van der Waals surface area contributed by atoms with Crippen LogP contribution in [0.4, 0.5) is 0 Å². The molecule has 0 bridgehead atoms. The molecule has 0 aliphatic heterocycles. The molecule has 0 saturated heterocycles. The minimum absolute atomic E-state index is 0.0409. The quantitative estimate of drug-likeness (QED) is 0.107. The predicted octanol–water partition coefficient (Wildman–Crippen LogP) is 4.36. The Labute approximate surface area is 220 Å². The third-order valence-electron chi connectivity index (χ3n) is 6.70. The van der Waals surface area contributed by atoms with E-state index in [1.54, 1.807) is 0 Å². The van der Waals surface area contributed by atoms with Crippen LogP contribution >= 0.6 is 0 Å². The second kappa shape index (κ2) is 22.5. The lowest BCUT2D eigenvalue weighted by Gasteiger charge is -2.29. The number of quaternary nitrogens is 1. The first-order valence-electron chi connectivity index (χ1n) is 14.5. The van der Waals surface area contributed by atoms with Crippen molar-refractivity contribution in [3.05, 3.63) is 0 Å². The summed E-state index contributed by atoms with van der Waals surface area (Å²) in [5.74, 6) is -0.933. The summed E-state index contributed by atoms with van der Waals surface area (Å²) in [4.78, 5) is 35.0. The standard InChI is InChI=1S/C28H56N4O4/c1-4-5-6-7-8-9-10-11-12-13-14-15-16-20-26(33)31-22-23-32(2,3)24-27(34)30-21-18-17-19-25(29)28(35)36/h25H,4-24,29H2,1-3H3,(H2-,30,31,33,34,35,36)/p+1/t25-/m0/s1. The number of carboxylic acids is 1. The number of nitrogens with one attached hydrogen (secondary N) is 2. The molecule has 0 rings (SSSR count). The average Bonchev–Trinajstić information content (AvgIpc) is 2.81. The first kappa shape index (κ1) is 34.3. The van der Waals surface area contributed by atoms with Gasteiger partial charge in [0, 0.05) is 13.0 Å². The molecule has 0 spiro atoms. The van der Waals surface area contributed by atoms with Gasteiger partial charge in [-0.05, 0) is 25.7 Å². The number of carbonyl (C=O) groups excluding carboxylic acids is 2. The molecule has 1 atom stereocenters. The summed E-state index contributed by atoms with van der Waals surface area (Å²) in [6.07, 6.45) is 19.2. The van der Waals surface area contributed by atoms with Gasteiger partial charge in [-0.2, -0.15) is 0 Å². The molecule has 0 unspecified atom stereocenters. The third-order valence-corrected chi connectivity index (χ3v) is 6.70. The number of hydrogen-bond donors (Lipinski definition) is 4. The number of aliphatic carboxylic acids is 1. The highest BCUT2D eigenvalue weighted by molar-refractivity contribution is 5.77. The summed E-state index contributed by atoms with van der Waals surface area (Å²) in [6, 6.07) is -0.837. The molecular formula is C28H57N4O4+. The number of nitrogens with two attached hydrogens (primary N) is 1. The van der Waals surface area contributed by atoms with Crippen molar-refractivity contribution in [2.24, 2.45) is 5.73 Å². The smallest absolute Gasteiger partial charge is 0.320 e. The Kier molecular flexibility index (Phi) is 21.5. The topological polar surface area (TPSA) is 122 Å². The second-order valence-corrected chi connectivity index (χ2v) is 11.0. The zero-order valence-electron chi connectivity index (χ0n) is 23.6. The molecule has 0 aromatic rings. The van der Waals surface area contributed by atoms with Crippen LogP contribution in [-0.4, -0.2) is 73.7 Å². The Morgan fingerprint density at radius 2 is 1.22 bits per heavy atom. The van der Waals surface area contributed by atoms with E-state index in [9.17, 15) is 14.4 Å². The van der Waals surface area contributed by atoms with Crippen LogP contribution in [-0.2, 0) is 14.4 Å². The van der Waals surface area contributed by atoms with Crippen molar-refractivity contribution in [3.63, 3.8) is 0 Å². The molecule has 0 aliphatic rings. The van der Waals surface area contributed by atoms with E-state index in [4.69, 9.17) is 10.8 Å². The van der Waals surface area contributed by atoms with Crippen molar-refractivity contribution < 1.29 is 24.0 Å². The minimum atomic E-state index is -0.991. The van der Waals surface area contributed by atoms with E-state index in [2.05, 4.69) is 17.6 Å².